The average Bonchev–Trinajstić information content (AvgIpc) is 2.71. The summed E-state index contributed by atoms with van der Waals surface area (Å²) in [6.45, 7) is 1.86. The van der Waals surface area contributed by atoms with Crippen molar-refractivity contribution in [1.29, 1.82) is 0 Å². The maximum Gasteiger partial charge on any atom is 0.265 e. The highest BCUT2D eigenvalue weighted by molar-refractivity contribution is 7.91. The zero-order valence-corrected chi connectivity index (χ0v) is 12.5. The molecule has 2 heterocycles. The number of hydrogen-bond donors (Lipinski definition) is 1. The number of carbonyl (C=O) groups excluding carboxylic acids is 1. The summed E-state index contributed by atoms with van der Waals surface area (Å²) < 4.78 is 34.2. The number of hydrogen-bond acceptors (Lipinski definition) is 5. The van der Waals surface area contributed by atoms with Gasteiger partial charge in [-0.15, -0.1) is 0 Å². The maximum atomic E-state index is 12.3. The molecule has 3 rings (SSSR count). The van der Waals surface area contributed by atoms with Crippen molar-refractivity contribution in [2.24, 2.45) is 0 Å². The Balaban J connectivity index is 1.68. The number of ether oxygens (including phenoxy) is 2. The molecule has 1 amide bonds. The summed E-state index contributed by atoms with van der Waals surface area (Å²) in [6, 6.07) is 7.13. The molecule has 2 unspecified atom stereocenters. The summed E-state index contributed by atoms with van der Waals surface area (Å²) in [6.07, 6.45) is -0.342. The van der Waals surface area contributed by atoms with Crippen LogP contribution in [-0.2, 0) is 14.6 Å². The number of carbonyl (C=O) groups is 1. The number of para-hydroxylation sites is 2. The third-order valence-electron chi connectivity index (χ3n) is 3.73. The van der Waals surface area contributed by atoms with Crippen molar-refractivity contribution in [1.82, 2.24) is 5.32 Å². The van der Waals surface area contributed by atoms with Gasteiger partial charge in [0.25, 0.3) is 5.91 Å². The van der Waals surface area contributed by atoms with E-state index in [1.165, 1.54) is 0 Å². The molecule has 0 aromatic heterocycles. The van der Waals surface area contributed by atoms with Gasteiger partial charge in [-0.25, -0.2) is 8.42 Å². The molecule has 6 nitrogen and oxygen atoms in total. The topological polar surface area (TPSA) is 81.7 Å². The minimum Gasteiger partial charge on any atom is -0.485 e. The van der Waals surface area contributed by atoms with E-state index in [4.69, 9.17) is 9.47 Å². The molecule has 1 aromatic rings. The third-order valence-corrected chi connectivity index (χ3v) is 5.63. The first kappa shape index (κ1) is 14.2. The lowest BCUT2D eigenvalue weighted by Gasteiger charge is -2.30. The minimum atomic E-state index is -3.07. The van der Waals surface area contributed by atoms with Crippen LogP contribution in [0.1, 0.15) is 13.3 Å². The van der Waals surface area contributed by atoms with E-state index in [2.05, 4.69) is 5.32 Å². The van der Waals surface area contributed by atoms with Gasteiger partial charge in [-0.1, -0.05) is 12.1 Å². The van der Waals surface area contributed by atoms with E-state index in [0.717, 1.165) is 0 Å². The van der Waals surface area contributed by atoms with Crippen LogP contribution in [0.4, 0.5) is 0 Å². The van der Waals surface area contributed by atoms with E-state index in [1.54, 1.807) is 25.1 Å². The Labute approximate surface area is 123 Å². The second kappa shape index (κ2) is 4.91. The second-order valence-electron chi connectivity index (χ2n) is 5.76. The van der Waals surface area contributed by atoms with Crippen LogP contribution in [-0.4, -0.2) is 44.1 Å². The lowest BCUT2D eigenvalue weighted by Crippen LogP contribution is -2.53. The molecule has 2 aliphatic rings. The number of amides is 1. The van der Waals surface area contributed by atoms with E-state index in [-0.39, 0.29) is 24.0 Å². The van der Waals surface area contributed by atoms with E-state index < -0.39 is 21.5 Å². The quantitative estimate of drug-likeness (QED) is 0.861. The predicted octanol–water partition coefficient (Wildman–Crippen LogP) is 0.520. The van der Waals surface area contributed by atoms with Gasteiger partial charge in [0, 0.05) is 0 Å². The zero-order valence-electron chi connectivity index (χ0n) is 11.7. The summed E-state index contributed by atoms with van der Waals surface area (Å²) in [7, 11) is -3.07. The normalized spacial score (nSPS) is 29.9. The van der Waals surface area contributed by atoms with Crippen molar-refractivity contribution in [3.63, 3.8) is 0 Å². The van der Waals surface area contributed by atoms with Crippen molar-refractivity contribution in [3.05, 3.63) is 24.3 Å². The van der Waals surface area contributed by atoms with E-state index in [0.29, 0.717) is 17.9 Å². The van der Waals surface area contributed by atoms with Crippen LogP contribution >= 0.6 is 0 Å². The summed E-state index contributed by atoms with van der Waals surface area (Å²) in [5.74, 6) is 0.860. The number of nitrogens with one attached hydrogen (secondary N) is 1. The molecular weight excluding hydrogens is 294 g/mol. The summed E-state index contributed by atoms with van der Waals surface area (Å²) in [5, 5.41) is 2.79. The van der Waals surface area contributed by atoms with Crippen LogP contribution < -0.4 is 14.8 Å². The molecule has 21 heavy (non-hydrogen) atoms. The number of benzene rings is 1. The van der Waals surface area contributed by atoms with Crippen LogP contribution in [0.3, 0.4) is 0 Å². The molecule has 0 saturated carbocycles. The smallest absolute Gasteiger partial charge is 0.265 e. The predicted molar refractivity (Wildman–Crippen MR) is 76.2 cm³/mol. The largest absolute Gasteiger partial charge is 0.485 e. The second-order valence-corrected chi connectivity index (χ2v) is 7.94. The molecule has 2 aliphatic heterocycles. The van der Waals surface area contributed by atoms with E-state index >= 15 is 0 Å². The van der Waals surface area contributed by atoms with Crippen molar-refractivity contribution in [3.8, 4) is 11.5 Å². The van der Waals surface area contributed by atoms with Crippen molar-refractivity contribution >= 4 is 15.7 Å². The highest BCUT2D eigenvalue weighted by Gasteiger charge is 2.41. The van der Waals surface area contributed by atoms with Crippen LogP contribution in [0.5, 0.6) is 11.5 Å². The Morgan fingerprint density at radius 3 is 2.71 bits per heavy atom. The molecule has 0 aliphatic carbocycles. The van der Waals surface area contributed by atoms with Crippen LogP contribution in [0.2, 0.25) is 0 Å². The first-order valence-electron chi connectivity index (χ1n) is 6.78. The third kappa shape index (κ3) is 2.97. The molecule has 1 N–H and O–H groups in total. The van der Waals surface area contributed by atoms with Gasteiger partial charge in [0.15, 0.2) is 21.3 Å². The van der Waals surface area contributed by atoms with Crippen molar-refractivity contribution in [2.75, 3.05) is 18.1 Å². The average molecular weight is 311 g/mol. The minimum absolute atomic E-state index is 0.0318. The van der Waals surface area contributed by atoms with Crippen molar-refractivity contribution in [2.45, 2.75) is 25.0 Å². The number of rotatable bonds is 2. The van der Waals surface area contributed by atoms with Gasteiger partial charge < -0.3 is 14.8 Å². The fourth-order valence-electron chi connectivity index (χ4n) is 2.64. The lowest BCUT2D eigenvalue weighted by atomic mass is 10.0. The van der Waals surface area contributed by atoms with Crippen LogP contribution in [0, 0.1) is 0 Å². The van der Waals surface area contributed by atoms with Gasteiger partial charge >= 0.3 is 0 Å². The van der Waals surface area contributed by atoms with Crippen LogP contribution in [0.25, 0.3) is 0 Å². The summed E-state index contributed by atoms with van der Waals surface area (Å²) in [4.78, 5) is 12.3. The van der Waals surface area contributed by atoms with Gasteiger partial charge in [0.1, 0.15) is 6.61 Å². The molecule has 0 radical (unpaired) electrons. The standard InChI is InChI=1S/C14H17NO5S/c1-14(6-7-21(17,18)9-14)15-13(16)12-8-19-10-4-2-3-5-11(10)20-12/h2-5,12H,6-9H2,1H3,(H,15,16). The fourth-order valence-corrected chi connectivity index (χ4v) is 4.73. The van der Waals surface area contributed by atoms with Gasteiger partial charge in [0.2, 0.25) is 6.10 Å². The van der Waals surface area contributed by atoms with Gasteiger partial charge in [-0.3, -0.25) is 4.79 Å². The molecule has 0 spiro atoms. The molecule has 1 fully saturated rings. The first-order valence-corrected chi connectivity index (χ1v) is 8.60. The monoisotopic (exact) mass is 311 g/mol. The first-order chi connectivity index (χ1) is 9.87. The molecule has 114 valence electrons. The maximum absolute atomic E-state index is 12.3. The zero-order chi connectivity index (χ0) is 15.1. The van der Waals surface area contributed by atoms with Crippen LogP contribution in [0.15, 0.2) is 24.3 Å². The lowest BCUT2D eigenvalue weighted by molar-refractivity contribution is -0.131. The molecule has 0 bridgehead atoms. The van der Waals surface area contributed by atoms with Gasteiger partial charge in [-0.2, -0.15) is 0 Å². The Morgan fingerprint density at radius 1 is 1.33 bits per heavy atom. The Bertz CT molecular complexity index is 672. The molecule has 2 atom stereocenters. The summed E-state index contributed by atoms with van der Waals surface area (Å²) >= 11 is 0. The molecular formula is C14H17NO5S. The Hall–Kier alpha value is -1.76. The Kier molecular flexibility index (Phi) is 3.32. The molecule has 1 aromatic carbocycles. The van der Waals surface area contributed by atoms with Gasteiger partial charge in [0.05, 0.1) is 17.0 Å². The van der Waals surface area contributed by atoms with Crippen molar-refractivity contribution < 1.29 is 22.7 Å². The number of fused-ring (bicyclic) bond motifs is 1. The highest BCUT2D eigenvalue weighted by atomic mass is 32.2. The highest BCUT2D eigenvalue weighted by Crippen LogP contribution is 2.31. The fraction of sp³-hybridized carbons (Fsp3) is 0.500. The van der Waals surface area contributed by atoms with Gasteiger partial charge in [-0.05, 0) is 25.5 Å². The SMILES string of the molecule is CC1(NC(=O)C2COc3ccccc3O2)CCS(=O)(=O)C1. The number of sulfone groups is 1. The van der Waals surface area contributed by atoms with E-state index in [9.17, 15) is 13.2 Å². The Morgan fingerprint density at radius 2 is 2.05 bits per heavy atom. The molecule has 1 saturated heterocycles. The van der Waals surface area contributed by atoms with E-state index in [1.807, 2.05) is 6.07 Å². The molecule has 7 heteroatoms. The summed E-state index contributed by atoms with van der Waals surface area (Å²) in [5.41, 5.74) is -0.726.